The van der Waals surface area contributed by atoms with E-state index in [-0.39, 0.29) is 11.3 Å². The van der Waals surface area contributed by atoms with E-state index in [2.05, 4.69) is 5.32 Å². The molecule has 0 bridgehead atoms. The van der Waals surface area contributed by atoms with Crippen molar-refractivity contribution in [3.05, 3.63) is 0 Å². The molecule has 18 heavy (non-hydrogen) atoms. The first-order chi connectivity index (χ1) is 8.66. The fraction of sp³-hybridized carbons (Fsp3) is 0.923. The third-order valence-corrected chi connectivity index (χ3v) is 3.56. The number of nitrogens with one attached hydrogen (secondary N) is 1. The molecule has 0 aliphatic carbocycles. The Balaban J connectivity index is 2.57. The Morgan fingerprint density at radius 3 is 2.61 bits per heavy atom. The number of amides is 1. The van der Waals surface area contributed by atoms with Gasteiger partial charge in [0.25, 0.3) is 0 Å². The largest absolute Gasteiger partial charge is 0.384 e. The van der Waals surface area contributed by atoms with Crippen LogP contribution in [0.3, 0.4) is 0 Å². The van der Waals surface area contributed by atoms with Crippen LogP contribution in [0.15, 0.2) is 0 Å². The number of carbonyl (C=O) groups is 1. The zero-order chi connectivity index (χ0) is 13.4. The number of methoxy groups -OCH3 is 1. The summed E-state index contributed by atoms with van der Waals surface area (Å²) in [7, 11) is 3.51. The van der Waals surface area contributed by atoms with E-state index in [4.69, 9.17) is 9.47 Å². The average Bonchev–Trinajstić information content (AvgIpc) is 2.39. The molecule has 0 radical (unpaired) electrons. The highest BCUT2D eigenvalue weighted by molar-refractivity contribution is 5.82. The molecule has 106 valence electrons. The van der Waals surface area contributed by atoms with Crippen LogP contribution in [0, 0.1) is 5.41 Å². The van der Waals surface area contributed by atoms with Crippen molar-refractivity contribution in [2.45, 2.75) is 19.8 Å². The molecule has 1 aliphatic rings. The second-order valence-electron chi connectivity index (χ2n) is 4.89. The molecule has 1 rings (SSSR count). The van der Waals surface area contributed by atoms with Crippen molar-refractivity contribution in [1.82, 2.24) is 10.2 Å². The quantitative estimate of drug-likeness (QED) is 0.676. The molecule has 0 aromatic carbocycles. The minimum atomic E-state index is -0.346. The fourth-order valence-electron chi connectivity index (χ4n) is 2.45. The number of hydrogen-bond acceptors (Lipinski definition) is 4. The third kappa shape index (κ3) is 3.93. The van der Waals surface area contributed by atoms with Gasteiger partial charge in [0.05, 0.1) is 18.6 Å². The lowest BCUT2D eigenvalue weighted by molar-refractivity contribution is -0.146. The molecule has 1 N–H and O–H groups in total. The lowest BCUT2D eigenvalue weighted by Gasteiger charge is -2.38. The van der Waals surface area contributed by atoms with Crippen LogP contribution < -0.4 is 5.32 Å². The number of carbonyl (C=O) groups excluding carboxylic acids is 1. The minimum Gasteiger partial charge on any atom is -0.384 e. The van der Waals surface area contributed by atoms with Crippen molar-refractivity contribution in [1.29, 1.82) is 0 Å². The van der Waals surface area contributed by atoms with Gasteiger partial charge in [-0.1, -0.05) is 0 Å². The molecular weight excluding hydrogens is 232 g/mol. The number of ether oxygens (including phenoxy) is 2. The zero-order valence-electron chi connectivity index (χ0n) is 11.8. The lowest BCUT2D eigenvalue weighted by Crippen LogP contribution is -2.51. The predicted octanol–water partition coefficient (Wildman–Crippen LogP) is 0.498. The van der Waals surface area contributed by atoms with Crippen LogP contribution in [0.1, 0.15) is 19.8 Å². The predicted molar refractivity (Wildman–Crippen MR) is 70.5 cm³/mol. The van der Waals surface area contributed by atoms with Crippen molar-refractivity contribution in [3.63, 3.8) is 0 Å². The van der Waals surface area contributed by atoms with Gasteiger partial charge in [0.15, 0.2) is 0 Å². The van der Waals surface area contributed by atoms with Crippen LogP contribution in [-0.4, -0.2) is 64.4 Å². The van der Waals surface area contributed by atoms with Crippen LogP contribution in [0.4, 0.5) is 0 Å². The number of likely N-dealkylation sites (N-methyl/N-ethyl adjacent to an activating group) is 1. The summed E-state index contributed by atoms with van der Waals surface area (Å²) in [6.07, 6.45) is 1.69. The molecule has 5 nitrogen and oxygen atoms in total. The Morgan fingerprint density at radius 2 is 2.06 bits per heavy atom. The van der Waals surface area contributed by atoms with Crippen LogP contribution in [0.5, 0.6) is 0 Å². The third-order valence-electron chi connectivity index (χ3n) is 3.56. The van der Waals surface area contributed by atoms with Crippen molar-refractivity contribution in [2.75, 3.05) is 53.6 Å². The Hall–Kier alpha value is -0.650. The van der Waals surface area contributed by atoms with E-state index in [9.17, 15) is 4.79 Å². The molecule has 5 heteroatoms. The maximum atomic E-state index is 12.6. The molecule has 1 saturated heterocycles. The molecule has 1 fully saturated rings. The molecule has 0 saturated carbocycles. The molecule has 1 aliphatic heterocycles. The van der Waals surface area contributed by atoms with Crippen LogP contribution in [-0.2, 0) is 14.3 Å². The summed E-state index contributed by atoms with van der Waals surface area (Å²) in [5.74, 6) is 0.186. The van der Waals surface area contributed by atoms with Gasteiger partial charge in [-0.3, -0.25) is 4.79 Å². The number of hydrogen-bond donors (Lipinski definition) is 1. The van der Waals surface area contributed by atoms with Gasteiger partial charge >= 0.3 is 0 Å². The van der Waals surface area contributed by atoms with Crippen LogP contribution >= 0.6 is 0 Å². The maximum Gasteiger partial charge on any atom is 0.231 e. The van der Waals surface area contributed by atoms with Gasteiger partial charge in [0.1, 0.15) is 0 Å². The second-order valence-corrected chi connectivity index (χ2v) is 4.89. The van der Waals surface area contributed by atoms with Gasteiger partial charge in [-0.15, -0.1) is 0 Å². The average molecular weight is 258 g/mol. The van der Waals surface area contributed by atoms with Gasteiger partial charge in [0, 0.05) is 27.3 Å². The number of nitrogens with zero attached hydrogens (tertiary/aromatic N) is 1. The first-order valence-electron chi connectivity index (χ1n) is 6.69. The van der Waals surface area contributed by atoms with Crippen molar-refractivity contribution in [3.8, 4) is 0 Å². The van der Waals surface area contributed by atoms with Gasteiger partial charge in [-0.25, -0.2) is 0 Å². The molecule has 0 aromatic rings. The van der Waals surface area contributed by atoms with E-state index in [1.54, 1.807) is 12.0 Å². The summed E-state index contributed by atoms with van der Waals surface area (Å²) < 4.78 is 10.6. The molecule has 0 unspecified atom stereocenters. The second kappa shape index (κ2) is 7.71. The van der Waals surface area contributed by atoms with E-state index < -0.39 is 0 Å². The van der Waals surface area contributed by atoms with Crippen LogP contribution in [0.2, 0.25) is 0 Å². The van der Waals surface area contributed by atoms with Crippen LogP contribution in [0.25, 0.3) is 0 Å². The zero-order valence-corrected chi connectivity index (χ0v) is 11.8. The highest BCUT2D eigenvalue weighted by atomic mass is 16.5. The minimum absolute atomic E-state index is 0.186. The SMILES string of the molecule is CCOCCN(C)C(=O)C1(COC)CCNCC1. The Bertz CT molecular complexity index is 247. The fourth-order valence-corrected chi connectivity index (χ4v) is 2.45. The number of rotatable bonds is 7. The van der Waals surface area contributed by atoms with Gasteiger partial charge in [-0.2, -0.15) is 0 Å². The highest BCUT2D eigenvalue weighted by Crippen LogP contribution is 2.31. The Labute approximate surface area is 110 Å². The molecule has 0 aromatic heterocycles. The molecular formula is C13H26N2O3. The molecule has 0 atom stereocenters. The summed E-state index contributed by atoms with van der Waals surface area (Å²) in [5, 5.41) is 3.29. The van der Waals surface area contributed by atoms with Crippen molar-refractivity contribution >= 4 is 5.91 Å². The Kier molecular flexibility index (Phi) is 6.60. The van der Waals surface area contributed by atoms with Gasteiger partial charge < -0.3 is 19.7 Å². The normalized spacial score (nSPS) is 18.6. The van der Waals surface area contributed by atoms with Crippen molar-refractivity contribution < 1.29 is 14.3 Å². The van der Waals surface area contributed by atoms with Gasteiger partial charge in [0.2, 0.25) is 5.91 Å². The molecule has 1 amide bonds. The summed E-state index contributed by atoms with van der Waals surface area (Å²) >= 11 is 0. The molecule has 0 spiro atoms. The van der Waals surface area contributed by atoms with E-state index in [1.807, 2.05) is 14.0 Å². The summed E-state index contributed by atoms with van der Waals surface area (Å²) in [6.45, 7) is 6.16. The van der Waals surface area contributed by atoms with Crippen molar-refractivity contribution in [2.24, 2.45) is 5.41 Å². The highest BCUT2D eigenvalue weighted by Gasteiger charge is 2.41. The van der Waals surface area contributed by atoms with E-state index in [0.29, 0.717) is 26.4 Å². The lowest BCUT2D eigenvalue weighted by atomic mass is 9.78. The van der Waals surface area contributed by atoms with E-state index >= 15 is 0 Å². The van der Waals surface area contributed by atoms with E-state index in [1.165, 1.54) is 0 Å². The van der Waals surface area contributed by atoms with E-state index in [0.717, 1.165) is 25.9 Å². The first-order valence-corrected chi connectivity index (χ1v) is 6.69. The summed E-state index contributed by atoms with van der Waals surface area (Å²) in [4.78, 5) is 14.3. The monoisotopic (exact) mass is 258 g/mol. The number of piperidine rings is 1. The summed E-state index contributed by atoms with van der Waals surface area (Å²) in [6, 6.07) is 0. The molecule has 1 heterocycles. The first kappa shape index (κ1) is 15.4. The maximum absolute atomic E-state index is 12.6. The standard InChI is InChI=1S/C13H26N2O3/c1-4-18-10-9-15(2)12(16)13(11-17-3)5-7-14-8-6-13/h14H,4-11H2,1-3H3. The Morgan fingerprint density at radius 1 is 1.39 bits per heavy atom. The smallest absolute Gasteiger partial charge is 0.231 e. The van der Waals surface area contributed by atoms with Gasteiger partial charge in [-0.05, 0) is 32.9 Å². The topological polar surface area (TPSA) is 50.8 Å². The summed E-state index contributed by atoms with van der Waals surface area (Å²) in [5.41, 5.74) is -0.346.